The zero-order valence-corrected chi connectivity index (χ0v) is 36.3. The number of para-hydroxylation sites is 2. The first-order valence-corrected chi connectivity index (χ1v) is 22.9. The summed E-state index contributed by atoms with van der Waals surface area (Å²) in [5.41, 5.74) is 17.2. The van der Waals surface area contributed by atoms with E-state index >= 15 is 0 Å². The Balaban J connectivity index is 1.04. The number of benzene rings is 8. The van der Waals surface area contributed by atoms with Gasteiger partial charge in [0, 0.05) is 39.2 Å². The summed E-state index contributed by atoms with van der Waals surface area (Å²) in [6.07, 6.45) is 6.85. The fraction of sp³-hybridized carbons (Fsp3) is 0.233. The molecule has 1 heterocycles. The molecule has 2 bridgehead atoms. The van der Waals surface area contributed by atoms with E-state index < -0.39 is 0 Å². The molecule has 3 aliphatic carbocycles. The first-order valence-electron chi connectivity index (χ1n) is 22.9. The van der Waals surface area contributed by atoms with Crippen LogP contribution in [0.5, 0.6) is 0 Å². The molecule has 2 atom stereocenters. The smallest absolute Gasteiger partial charge is 0.137 e. The Morgan fingerprint density at radius 3 is 2.00 bits per heavy atom. The quantitative estimate of drug-likeness (QED) is 0.166. The van der Waals surface area contributed by atoms with E-state index in [1.807, 2.05) is 0 Å². The van der Waals surface area contributed by atoms with E-state index in [1.54, 1.807) is 0 Å². The normalized spacial score (nSPS) is 21.3. The molecular formula is C60H53NO. The average Bonchev–Trinajstić information content (AvgIpc) is 3.77. The summed E-state index contributed by atoms with van der Waals surface area (Å²) in [7, 11) is 0. The molecule has 3 aliphatic rings. The molecule has 2 saturated carbocycles. The van der Waals surface area contributed by atoms with Crippen LogP contribution in [0.3, 0.4) is 0 Å². The lowest BCUT2D eigenvalue weighted by Gasteiger charge is -2.47. The SMILES string of the molecule is CC1CC2CC(C1)CC(C)(c1ccc3c(c1)-c1ccc(N(c4ccc5c(c4)oc4ccccc45)c4ccccc4-c4cccc5cccc(-c6ccccc6)c45)cc1C3(C)C)C2. The van der Waals surface area contributed by atoms with E-state index in [-0.39, 0.29) is 10.8 Å². The molecule has 2 heteroatoms. The van der Waals surface area contributed by atoms with Crippen LogP contribution in [0.1, 0.15) is 76.5 Å². The summed E-state index contributed by atoms with van der Waals surface area (Å²) in [6.45, 7) is 9.90. The highest BCUT2D eigenvalue weighted by molar-refractivity contribution is 6.10. The van der Waals surface area contributed by atoms with Gasteiger partial charge in [-0.3, -0.25) is 0 Å². The van der Waals surface area contributed by atoms with E-state index in [1.165, 1.54) is 92.9 Å². The maximum absolute atomic E-state index is 6.57. The third-order valence-corrected chi connectivity index (χ3v) is 15.3. The highest BCUT2D eigenvalue weighted by Crippen LogP contribution is 2.56. The molecule has 1 aromatic heterocycles. The van der Waals surface area contributed by atoms with Gasteiger partial charge in [-0.1, -0.05) is 155 Å². The molecule has 304 valence electrons. The molecule has 0 amide bonds. The zero-order valence-electron chi connectivity index (χ0n) is 36.3. The lowest BCUT2D eigenvalue weighted by atomic mass is 9.57. The van der Waals surface area contributed by atoms with Gasteiger partial charge in [-0.2, -0.15) is 0 Å². The fourth-order valence-electron chi connectivity index (χ4n) is 12.7. The number of hydrogen-bond donors (Lipinski definition) is 0. The number of furan rings is 1. The van der Waals surface area contributed by atoms with Crippen LogP contribution in [0, 0.1) is 17.8 Å². The Hall–Kier alpha value is -6.38. The van der Waals surface area contributed by atoms with E-state index in [0.717, 1.165) is 56.8 Å². The minimum atomic E-state index is -0.160. The van der Waals surface area contributed by atoms with Crippen molar-refractivity contribution in [3.63, 3.8) is 0 Å². The number of fused-ring (bicyclic) bond motifs is 9. The van der Waals surface area contributed by atoms with Crippen molar-refractivity contribution in [1.82, 2.24) is 0 Å². The lowest BCUT2D eigenvalue weighted by molar-refractivity contribution is 0.0899. The first kappa shape index (κ1) is 37.4. The molecule has 2 unspecified atom stereocenters. The van der Waals surface area contributed by atoms with Gasteiger partial charge >= 0.3 is 0 Å². The number of nitrogens with zero attached hydrogens (tertiary/aromatic N) is 1. The Kier molecular flexibility index (Phi) is 8.49. The highest BCUT2D eigenvalue weighted by atomic mass is 16.3. The summed E-state index contributed by atoms with van der Waals surface area (Å²) >= 11 is 0. The maximum Gasteiger partial charge on any atom is 0.137 e. The summed E-state index contributed by atoms with van der Waals surface area (Å²) in [4.78, 5) is 2.47. The highest BCUT2D eigenvalue weighted by Gasteiger charge is 2.43. The van der Waals surface area contributed by atoms with Crippen molar-refractivity contribution < 1.29 is 4.42 Å². The molecule has 12 rings (SSSR count). The monoisotopic (exact) mass is 803 g/mol. The van der Waals surface area contributed by atoms with Crippen molar-refractivity contribution >= 4 is 49.8 Å². The van der Waals surface area contributed by atoms with Crippen LogP contribution in [0.2, 0.25) is 0 Å². The van der Waals surface area contributed by atoms with Crippen LogP contribution < -0.4 is 4.90 Å². The number of rotatable bonds is 6. The molecule has 2 fully saturated rings. The molecule has 62 heavy (non-hydrogen) atoms. The molecule has 2 nitrogen and oxygen atoms in total. The van der Waals surface area contributed by atoms with Crippen molar-refractivity contribution in [1.29, 1.82) is 0 Å². The third-order valence-electron chi connectivity index (χ3n) is 15.3. The van der Waals surface area contributed by atoms with Crippen molar-refractivity contribution in [3.8, 4) is 33.4 Å². The van der Waals surface area contributed by atoms with Gasteiger partial charge in [0.1, 0.15) is 11.2 Å². The Morgan fingerprint density at radius 2 is 1.18 bits per heavy atom. The van der Waals surface area contributed by atoms with Gasteiger partial charge in [0.2, 0.25) is 0 Å². The maximum atomic E-state index is 6.57. The number of anilines is 3. The third kappa shape index (κ3) is 5.90. The van der Waals surface area contributed by atoms with Crippen molar-refractivity contribution in [2.45, 2.75) is 70.6 Å². The average molecular weight is 804 g/mol. The largest absolute Gasteiger partial charge is 0.456 e. The molecule has 0 spiro atoms. The van der Waals surface area contributed by atoms with Crippen molar-refractivity contribution in [2.24, 2.45) is 17.8 Å². The molecule has 0 saturated heterocycles. The predicted molar refractivity (Wildman–Crippen MR) is 261 cm³/mol. The number of hydrogen-bond acceptors (Lipinski definition) is 2. The van der Waals surface area contributed by atoms with E-state index in [9.17, 15) is 0 Å². The summed E-state index contributed by atoms with van der Waals surface area (Å²) in [5.74, 6) is 2.58. The van der Waals surface area contributed by atoms with Crippen molar-refractivity contribution in [2.75, 3.05) is 4.90 Å². The standard InChI is InChI=1S/C60H53NO/c1-38-30-39-32-40(31-38)37-60(4,36-39)43-24-29-53-52(33-43)47-27-25-44(34-54(47)59(53,2)3)61(45-26-28-50-49-19-9-11-23-56(49)62-57(50)35-45)55-22-10-8-18-48(55)51-21-13-17-42-16-12-20-46(58(42)51)41-14-6-5-7-15-41/h5-29,33-35,38-40H,30-32,36-37H2,1-4H3. The molecular weight excluding hydrogens is 751 g/mol. The van der Waals surface area contributed by atoms with Crippen LogP contribution in [-0.2, 0) is 10.8 Å². The van der Waals surface area contributed by atoms with Gasteiger partial charge in [0.05, 0.1) is 5.69 Å². The topological polar surface area (TPSA) is 16.4 Å². The minimum Gasteiger partial charge on any atom is -0.456 e. The Morgan fingerprint density at radius 1 is 0.500 bits per heavy atom. The Labute approximate surface area is 365 Å². The van der Waals surface area contributed by atoms with Gasteiger partial charge < -0.3 is 9.32 Å². The van der Waals surface area contributed by atoms with Gasteiger partial charge in [0.25, 0.3) is 0 Å². The van der Waals surface area contributed by atoms with Crippen LogP contribution in [0.15, 0.2) is 174 Å². The molecule has 0 N–H and O–H groups in total. The summed E-state index contributed by atoms with van der Waals surface area (Å²) in [5, 5.41) is 4.75. The van der Waals surface area contributed by atoms with Crippen molar-refractivity contribution in [3.05, 3.63) is 187 Å². The van der Waals surface area contributed by atoms with Gasteiger partial charge in [-0.25, -0.2) is 0 Å². The zero-order chi connectivity index (χ0) is 41.7. The second-order valence-electron chi connectivity index (χ2n) is 19.8. The molecule has 9 aromatic rings. The van der Waals surface area contributed by atoms with E-state index in [4.69, 9.17) is 4.42 Å². The second kappa shape index (κ2) is 14.1. The lowest BCUT2D eigenvalue weighted by Crippen LogP contribution is -2.38. The second-order valence-corrected chi connectivity index (χ2v) is 19.8. The van der Waals surface area contributed by atoms with Gasteiger partial charge in [-0.15, -0.1) is 0 Å². The predicted octanol–water partition coefficient (Wildman–Crippen LogP) is 17.0. The summed E-state index contributed by atoms with van der Waals surface area (Å²) in [6, 6.07) is 63.2. The van der Waals surface area contributed by atoms with E-state index in [0.29, 0.717) is 0 Å². The van der Waals surface area contributed by atoms with Gasteiger partial charge in [0.15, 0.2) is 0 Å². The molecule has 0 radical (unpaired) electrons. The van der Waals surface area contributed by atoms with Gasteiger partial charge in [-0.05, 0) is 147 Å². The Bertz CT molecular complexity index is 3180. The molecule has 8 aromatic carbocycles. The van der Waals surface area contributed by atoms with E-state index in [2.05, 4.69) is 202 Å². The first-order chi connectivity index (χ1) is 30.2. The van der Waals surface area contributed by atoms with Crippen LogP contribution >= 0.6 is 0 Å². The van der Waals surface area contributed by atoms with Crippen LogP contribution in [0.4, 0.5) is 17.1 Å². The molecule has 0 aliphatic heterocycles. The fourth-order valence-corrected chi connectivity index (χ4v) is 12.7. The van der Waals surface area contributed by atoms with Crippen LogP contribution in [0.25, 0.3) is 66.1 Å². The summed E-state index contributed by atoms with van der Waals surface area (Å²) < 4.78 is 6.57. The van der Waals surface area contributed by atoms with Crippen LogP contribution in [-0.4, -0.2) is 0 Å². The minimum absolute atomic E-state index is 0.160.